The number of aromatic nitrogens is 1. The Bertz CT molecular complexity index is 1080. The predicted octanol–water partition coefficient (Wildman–Crippen LogP) is 6.54. The third-order valence-electron chi connectivity index (χ3n) is 7.81. The first-order valence-electron chi connectivity index (χ1n) is 14.1. The Kier molecular flexibility index (Phi) is 9.91. The van der Waals surface area contributed by atoms with Crippen LogP contribution in [0.1, 0.15) is 78.1 Å². The Morgan fingerprint density at radius 2 is 1.45 bits per heavy atom. The van der Waals surface area contributed by atoms with Gasteiger partial charge in [-0.2, -0.15) is 0 Å². The van der Waals surface area contributed by atoms with E-state index in [-0.39, 0.29) is 35.7 Å². The molecule has 2 aromatic rings. The summed E-state index contributed by atoms with van der Waals surface area (Å²) in [6.07, 6.45) is 9.69. The number of ether oxygens (including phenoxy) is 3. The lowest BCUT2D eigenvalue weighted by molar-refractivity contribution is -0.152. The first kappa shape index (κ1) is 27.8. The number of hydrogen-bond acceptors (Lipinski definition) is 7. The predicted molar refractivity (Wildman–Crippen MR) is 143 cm³/mol. The molecular weight excluding hydrogens is 482 g/mol. The van der Waals surface area contributed by atoms with Crippen LogP contribution in [0.3, 0.4) is 0 Å². The van der Waals surface area contributed by atoms with Crippen molar-refractivity contribution in [2.24, 2.45) is 23.7 Å². The van der Waals surface area contributed by atoms with E-state index in [1.54, 1.807) is 24.4 Å². The maximum Gasteiger partial charge on any atom is 0.314 e. The maximum atomic E-state index is 13.1. The van der Waals surface area contributed by atoms with E-state index in [1.807, 2.05) is 18.2 Å². The maximum absolute atomic E-state index is 13.1. The van der Waals surface area contributed by atoms with Gasteiger partial charge < -0.3 is 14.2 Å². The van der Waals surface area contributed by atoms with Gasteiger partial charge in [-0.1, -0.05) is 26.3 Å². The largest absolute Gasteiger partial charge is 0.465 e. The van der Waals surface area contributed by atoms with Crippen LogP contribution in [0.2, 0.25) is 0 Å². The second kappa shape index (κ2) is 13.5. The minimum atomic E-state index is -0.318. The SMILES string of the molecule is CCCCOC(=O)C1CCC(C(=O)Oc2ccc(OC(=O)[C@H]3CC[C@H](C)CC3)cc2-c2ccccn2)CC1. The molecule has 0 atom stereocenters. The van der Waals surface area contributed by atoms with Gasteiger partial charge in [0.05, 0.1) is 30.1 Å². The second-order valence-electron chi connectivity index (χ2n) is 10.7. The van der Waals surface area contributed by atoms with Gasteiger partial charge in [0.25, 0.3) is 0 Å². The lowest BCUT2D eigenvalue weighted by atomic mass is 9.82. The van der Waals surface area contributed by atoms with Crippen LogP contribution >= 0.6 is 0 Å². The fourth-order valence-corrected chi connectivity index (χ4v) is 5.27. The zero-order chi connectivity index (χ0) is 26.9. The van der Waals surface area contributed by atoms with Gasteiger partial charge in [-0.05, 0) is 94.0 Å². The van der Waals surface area contributed by atoms with Crippen molar-refractivity contribution in [2.45, 2.75) is 78.1 Å². The highest BCUT2D eigenvalue weighted by atomic mass is 16.5. The molecule has 2 aliphatic carbocycles. The Hall–Kier alpha value is -3.22. The van der Waals surface area contributed by atoms with E-state index in [2.05, 4.69) is 18.8 Å². The van der Waals surface area contributed by atoms with Crippen LogP contribution < -0.4 is 9.47 Å². The van der Waals surface area contributed by atoms with Gasteiger partial charge >= 0.3 is 17.9 Å². The summed E-state index contributed by atoms with van der Waals surface area (Å²) in [6.45, 7) is 4.73. The van der Waals surface area contributed by atoms with E-state index >= 15 is 0 Å². The van der Waals surface area contributed by atoms with E-state index in [9.17, 15) is 14.4 Å². The van der Waals surface area contributed by atoms with Crippen molar-refractivity contribution in [3.05, 3.63) is 42.6 Å². The molecule has 0 saturated heterocycles. The minimum Gasteiger partial charge on any atom is -0.465 e. The van der Waals surface area contributed by atoms with Gasteiger partial charge in [-0.15, -0.1) is 0 Å². The average Bonchev–Trinajstić information content (AvgIpc) is 2.94. The molecule has 38 heavy (non-hydrogen) atoms. The number of hydrogen-bond donors (Lipinski definition) is 0. The van der Waals surface area contributed by atoms with Crippen LogP contribution in [-0.4, -0.2) is 29.5 Å². The van der Waals surface area contributed by atoms with E-state index in [0.29, 0.717) is 61.0 Å². The number of rotatable bonds is 9. The van der Waals surface area contributed by atoms with Crippen molar-refractivity contribution in [3.63, 3.8) is 0 Å². The molecule has 1 heterocycles. The van der Waals surface area contributed by atoms with E-state index < -0.39 is 0 Å². The smallest absolute Gasteiger partial charge is 0.314 e. The number of pyridine rings is 1. The number of esters is 3. The molecule has 0 radical (unpaired) electrons. The van der Waals surface area contributed by atoms with Crippen LogP contribution in [0, 0.1) is 23.7 Å². The third-order valence-corrected chi connectivity index (χ3v) is 7.81. The van der Waals surface area contributed by atoms with Gasteiger partial charge in [-0.3, -0.25) is 19.4 Å². The molecule has 7 nitrogen and oxygen atoms in total. The monoisotopic (exact) mass is 521 g/mol. The van der Waals surface area contributed by atoms with Crippen molar-refractivity contribution in [1.29, 1.82) is 0 Å². The second-order valence-corrected chi connectivity index (χ2v) is 10.7. The topological polar surface area (TPSA) is 91.8 Å². The zero-order valence-corrected chi connectivity index (χ0v) is 22.5. The normalized spacial score (nSPS) is 23.3. The molecule has 2 aliphatic rings. The van der Waals surface area contributed by atoms with Crippen LogP contribution in [0.15, 0.2) is 42.6 Å². The molecule has 204 valence electrons. The number of nitrogens with zero attached hydrogens (tertiary/aromatic N) is 1. The Morgan fingerprint density at radius 3 is 2.08 bits per heavy atom. The standard InChI is InChI=1S/C31H39NO6/c1-3-4-19-36-29(33)22-12-14-24(15-13-22)31(35)38-28-17-16-25(20-26(28)27-7-5-6-18-32-27)37-30(34)23-10-8-21(2)9-11-23/h5-7,16-18,20-24H,3-4,8-15,19H2,1-2H3/t21-,22?,23-,24?. The van der Waals surface area contributed by atoms with Crippen molar-refractivity contribution < 1.29 is 28.6 Å². The molecular formula is C31H39NO6. The van der Waals surface area contributed by atoms with Crippen LogP contribution in [0.25, 0.3) is 11.3 Å². The number of unbranched alkanes of at least 4 members (excludes halogenated alkanes) is 1. The van der Waals surface area contributed by atoms with Crippen LogP contribution in [0.5, 0.6) is 11.5 Å². The molecule has 0 unspecified atom stereocenters. The van der Waals surface area contributed by atoms with Crippen LogP contribution in [-0.2, 0) is 19.1 Å². The average molecular weight is 522 g/mol. The fourth-order valence-electron chi connectivity index (χ4n) is 5.27. The summed E-state index contributed by atoms with van der Waals surface area (Å²) >= 11 is 0. The first-order valence-corrected chi connectivity index (χ1v) is 14.1. The van der Waals surface area contributed by atoms with Crippen molar-refractivity contribution in [2.75, 3.05) is 6.61 Å². The van der Waals surface area contributed by atoms with Crippen molar-refractivity contribution in [3.8, 4) is 22.8 Å². The van der Waals surface area contributed by atoms with Gasteiger partial charge in [0.1, 0.15) is 11.5 Å². The molecule has 1 aromatic carbocycles. The Morgan fingerprint density at radius 1 is 0.816 bits per heavy atom. The van der Waals surface area contributed by atoms with E-state index in [1.165, 1.54) is 0 Å². The molecule has 1 aromatic heterocycles. The summed E-state index contributed by atoms with van der Waals surface area (Å²) in [7, 11) is 0. The van der Waals surface area contributed by atoms with Gasteiger partial charge in [0.2, 0.25) is 0 Å². The third kappa shape index (κ3) is 7.42. The summed E-state index contributed by atoms with van der Waals surface area (Å²) in [5.41, 5.74) is 1.22. The molecule has 0 bridgehead atoms. The van der Waals surface area contributed by atoms with Crippen molar-refractivity contribution in [1.82, 2.24) is 4.98 Å². The molecule has 2 saturated carbocycles. The summed E-state index contributed by atoms with van der Waals surface area (Å²) in [4.78, 5) is 42.6. The molecule has 0 aliphatic heterocycles. The fraction of sp³-hybridized carbons (Fsp3) is 0.548. The van der Waals surface area contributed by atoms with Crippen molar-refractivity contribution >= 4 is 17.9 Å². The quantitative estimate of drug-likeness (QED) is 0.210. The molecule has 7 heteroatoms. The highest BCUT2D eigenvalue weighted by Gasteiger charge is 2.32. The molecule has 0 amide bonds. The van der Waals surface area contributed by atoms with Gasteiger partial charge in [0, 0.05) is 11.8 Å². The van der Waals surface area contributed by atoms with Crippen LogP contribution in [0.4, 0.5) is 0 Å². The molecule has 0 spiro atoms. The highest BCUT2D eigenvalue weighted by Crippen LogP contribution is 2.36. The summed E-state index contributed by atoms with van der Waals surface area (Å²) in [6, 6.07) is 10.6. The Balaban J connectivity index is 1.41. The number of carbonyl (C=O) groups is 3. The summed E-state index contributed by atoms with van der Waals surface area (Å²) in [5.74, 6) is 0.241. The first-order chi connectivity index (χ1) is 18.4. The Labute approximate surface area is 225 Å². The number of benzene rings is 1. The van der Waals surface area contributed by atoms with E-state index in [4.69, 9.17) is 14.2 Å². The zero-order valence-electron chi connectivity index (χ0n) is 22.5. The van der Waals surface area contributed by atoms with Gasteiger partial charge in [-0.25, -0.2) is 0 Å². The lowest BCUT2D eigenvalue weighted by Gasteiger charge is -2.26. The number of carbonyl (C=O) groups excluding carboxylic acids is 3. The highest BCUT2D eigenvalue weighted by molar-refractivity contribution is 5.81. The molecule has 4 rings (SSSR count). The summed E-state index contributed by atoms with van der Waals surface area (Å²) in [5, 5.41) is 0. The molecule has 0 N–H and O–H groups in total. The molecule has 2 fully saturated rings. The minimum absolute atomic E-state index is 0.0824. The van der Waals surface area contributed by atoms with E-state index in [0.717, 1.165) is 38.5 Å². The lowest BCUT2D eigenvalue weighted by Crippen LogP contribution is -2.29. The summed E-state index contributed by atoms with van der Waals surface area (Å²) < 4.78 is 17.0. The van der Waals surface area contributed by atoms with Gasteiger partial charge in [0.15, 0.2) is 0 Å².